The highest BCUT2D eigenvalue weighted by Crippen LogP contribution is 2.38. The van der Waals surface area contributed by atoms with Crippen LogP contribution >= 0.6 is 0 Å². The number of aromatic nitrogens is 1. The SMILES string of the molecule is COc1cc2cc(CNc3cc4c(cc3NC(C)=O)OCCO4)c(=O)[nH]c2cc1OC. The van der Waals surface area contributed by atoms with Crippen molar-refractivity contribution in [2.24, 2.45) is 0 Å². The van der Waals surface area contributed by atoms with E-state index in [4.69, 9.17) is 18.9 Å². The molecule has 0 saturated heterocycles. The minimum Gasteiger partial charge on any atom is -0.493 e. The number of hydrogen-bond acceptors (Lipinski definition) is 7. The molecule has 9 nitrogen and oxygen atoms in total. The minimum atomic E-state index is -0.231. The summed E-state index contributed by atoms with van der Waals surface area (Å²) in [4.78, 5) is 27.1. The second-order valence-electron chi connectivity index (χ2n) is 6.99. The van der Waals surface area contributed by atoms with Gasteiger partial charge in [-0.25, -0.2) is 0 Å². The number of methoxy groups -OCH3 is 2. The molecule has 0 spiro atoms. The normalized spacial score (nSPS) is 12.4. The molecule has 1 aromatic heterocycles. The van der Waals surface area contributed by atoms with Gasteiger partial charge in [0, 0.05) is 42.6 Å². The Labute approximate surface area is 178 Å². The summed E-state index contributed by atoms with van der Waals surface area (Å²) in [6.07, 6.45) is 0. The molecule has 31 heavy (non-hydrogen) atoms. The average molecular weight is 425 g/mol. The van der Waals surface area contributed by atoms with Crippen LogP contribution in [0.2, 0.25) is 0 Å². The number of fused-ring (bicyclic) bond motifs is 2. The highest BCUT2D eigenvalue weighted by Gasteiger charge is 2.17. The van der Waals surface area contributed by atoms with E-state index >= 15 is 0 Å². The Kier molecular flexibility index (Phi) is 5.57. The van der Waals surface area contributed by atoms with Gasteiger partial charge in [-0.3, -0.25) is 9.59 Å². The fourth-order valence-corrected chi connectivity index (χ4v) is 3.43. The Morgan fingerprint density at radius 3 is 2.29 bits per heavy atom. The molecule has 0 aliphatic carbocycles. The first-order chi connectivity index (χ1) is 15.0. The van der Waals surface area contributed by atoms with E-state index in [9.17, 15) is 9.59 Å². The Hall–Kier alpha value is -3.88. The number of amides is 1. The summed E-state index contributed by atoms with van der Waals surface area (Å²) < 4.78 is 21.9. The predicted molar refractivity (Wildman–Crippen MR) is 117 cm³/mol. The van der Waals surface area contributed by atoms with Gasteiger partial charge in [0.15, 0.2) is 23.0 Å². The van der Waals surface area contributed by atoms with E-state index in [1.807, 2.05) is 0 Å². The number of hydrogen-bond donors (Lipinski definition) is 3. The van der Waals surface area contributed by atoms with Crippen LogP contribution in [0.3, 0.4) is 0 Å². The van der Waals surface area contributed by atoms with Gasteiger partial charge in [0.1, 0.15) is 13.2 Å². The smallest absolute Gasteiger partial charge is 0.253 e. The van der Waals surface area contributed by atoms with Gasteiger partial charge >= 0.3 is 0 Å². The van der Waals surface area contributed by atoms with Gasteiger partial charge in [-0.1, -0.05) is 0 Å². The minimum absolute atomic E-state index is 0.218. The third-order valence-electron chi connectivity index (χ3n) is 4.89. The van der Waals surface area contributed by atoms with Crippen molar-refractivity contribution in [3.63, 3.8) is 0 Å². The van der Waals surface area contributed by atoms with E-state index in [1.54, 1.807) is 44.6 Å². The van der Waals surface area contributed by atoms with Crippen LogP contribution in [0.4, 0.5) is 11.4 Å². The quantitative estimate of drug-likeness (QED) is 0.557. The summed E-state index contributed by atoms with van der Waals surface area (Å²) >= 11 is 0. The van der Waals surface area contributed by atoms with E-state index in [0.717, 1.165) is 5.39 Å². The van der Waals surface area contributed by atoms with Crippen LogP contribution in [-0.2, 0) is 11.3 Å². The van der Waals surface area contributed by atoms with Crippen molar-refractivity contribution in [1.29, 1.82) is 0 Å². The van der Waals surface area contributed by atoms with Crippen LogP contribution < -0.4 is 35.1 Å². The fraction of sp³-hybridized carbons (Fsp3) is 0.273. The zero-order valence-corrected chi connectivity index (χ0v) is 17.5. The maximum Gasteiger partial charge on any atom is 0.253 e. The average Bonchev–Trinajstić information content (AvgIpc) is 2.76. The largest absolute Gasteiger partial charge is 0.493 e. The molecule has 2 heterocycles. The van der Waals surface area contributed by atoms with Gasteiger partial charge in [0.25, 0.3) is 5.56 Å². The molecule has 4 rings (SSSR count). The predicted octanol–water partition coefficient (Wildman–Crippen LogP) is 2.89. The maximum absolute atomic E-state index is 12.6. The number of aromatic amines is 1. The second-order valence-corrected chi connectivity index (χ2v) is 6.99. The Balaban J connectivity index is 1.66. The number of anilines is 2. The molecule has 1 amide bonds. The molecule has 0 radical (unpaired) electrons. The van der Waals surface area contributed by atoms with Crippen LogP contribution in [0.15, 0.2) is 35.1 Å². The van der Waals surface area contributed by atoms with Crippen molar-refractivity contribution in [3.05, 3.63) is 46.2 Å². The van der Waals surface area contributed by atoms with Gasteiger partial charge in [0.05, 0.1) is 31.1 Å². The Morgan fingerprint density at radius 2 is 1.65 bits per heavy atom. The van der Waals surface area contributed by atoms with Gasteiger partial charge in [0.2, 0.25) is 5.91 Å². The molecule has 1 aliphatic heterocycles. The van der Waals surface area contributed by atoms with Crippen molar-refractivity contribution in [2.75, 3.05) is 38.1 Å². The molecule has 3 N–H and O–H groups in total. The highest BCUT2D eigenvalue weighted by atomic mass is 16.6. The number of carbonyl (C=O) groups is 1. The molecule has 9 heteroatoms. The maximum atomic E-state index is 12.6. The molecule has 0 atom stereocenters. The summed E-state index contributed by atoms with van der Waals surface area (Å²) in [6.45, 7) is 2.55. The van der Waals surface area contributed by atoms with Crippen molar-refractivity contribution >= 4 is 28.2 Å². The Morgan fingerprint density at radius 1 is 1.00 bits per heavy atom. The molecule has 0 saturated carbocycles. The number of nitrogens with one attached hydrogen (secondary N) is 3. The number of ether oxygens (including phenoxy) is 4. The van der Waals surface area contributed by atoms with Gasteiger partial charge in [-0.05, 0) is 12.1 Å². The monoisotopic (exact) mass is 425 g/mol. The van der Waals surface area contributed by atoms with Crippen molar-refractivity contribution < 1.29 is 23.7 Å². The highest BCUT2D eigenvalue weighted by molar-refractivity contribution is 5.93. The summed E-state index contributed by atoms with van der Waals surface area (Å²) in [5.74, 6) is 2.02. The third-order valence-corrected chi connectivity index (χ3v) is 4.89. The zero-order valence-electron chi connectivity index (χ0n) is 17.5. The second kappa shape index (κ2) is 8.47. The van der Waals surface area contributed by atoms with E-state index in [0.29, 0.717) is 58.7 Å². The number of pyridine rings is 1. The van der Waals surface area contributed by atoms with Gasteiger partial charge < -0.3 is 34.6 Å². The fourth-order valence-electron chi connectivity index (χ4n) is 3.43. The van der Waals surface area contributed by atoms with E-state index in [-0.39, 0.29) is 18.0 Å². The lowest BCUT2D eigenvalue weighted by Gasteiger charge is -2.21. The number of benzene rings is 2. The van der Waals surface area contributed by atoms with Crippen LogP contribution in [-0.4, -0.2) is 38.3 Å². The first-order valence-electron chi connectivity index (χ1n) is 9.71. The summed E-state index contributed by atoms with van der Waals surface area (Å²) in [6, 6.07) is 8.78. The molecular weight excluding hydrogens is 402 g/mol. The summed E-state index contributed by atoms with van der Waals surface area (Å²) in [7, 11) is 3.10. The molecule has 0 fully saturated rings. The first-order valence-corrected chi connectivity index (χ1v) is 9.71. The Bertz CT molecular complexity index is 1200. The lowest BCUT2D eigenvalue weighted by Crippen LogP contribution is -2.18. The molecule has 2 aromatic carbocycles. The van der Waals surface area contributed by atoms with E-state index in [1.165, 1.54) is 6.92 Å². The standard InChI is InChI=1S/C22H23N3O6/c1-12(26)24-17-10-21-20(30-4-5-31-21)9-16(17)23-11-14-6-13-7-18(28-2)19(29-3)8-15(13)25-22(14)27/h6-10,23H,4-5,11H2,1-3H3,(H,24,26)(H,25,27). The molecule has 1 aliphatic rings. The zero-order chi connectivity index (χ0) is 22.0. The van der Waals surface area contributed by atoms with Crippen molar-refractivity contribution in [2.45, 2.75) is 13.5 Å². The van der Waals surface area contributed by atoms with E-state index in [2.05, 4.69) is 15.6 Å². The lowest BCUT2D eigenvalue weighted by atomic mass is 10.1. The molecule has 162 valence electrons. The molecule has 0 unspecified atom stereocenters. The van der Waals surface area contributed by atoms with Gasteiger partial charge in [-0.2, -0.15) is 0 Å². The topological polar surface area (TPSA) is 111 Å². The van der Waals surface area contributed by atoms with Crippen LogP contribution in [0.25, 0.3) is 10.9 Å². The third kappa shape index (κ3) is 4.20. The lowest BCUT2D eigenvalue weighted by molar-refractivity contribution is -0.114. The number of rotatable bonds is 6. The molecule has 3 aromatic rings. The summed E-state index contributed by atoms with van der Waals surface area (Å²) in [5, 5.41) is 6.80. The van der Waals surface area contributed by atoms with Crippen LogP contribution in [0.1, 0.15) is 12.5 Å². The molecule has 0 bridgehead atoms. The van der Waals surface area contributed by atoms with E-state index < -0.39 is 0 Å². The van der Waals surface area contributed by atoms with Crippen LogP contribution in [0.5, 0.6) is 23.0 Å². The number of carbonyl (C=O) groups excluding carboxylic acids is 1. The summed E-state index contributed by atoms with van der Waals surface area (Å²) in [5.41, 5.74) is 2.09. The first kappa shape index (κ1) is 20.4. The van der Waals surface area contributed by atoms with Crippen LogP contribution in [0, 0.1) is 0 Å². The van der Waals surface area contributed by atoms with Crippen molar-refractivity contribution in [3.8, 4) is 23.0 Å². The van der Waals surface area contributed by atoms with Crippen molar-refractivity contribution in [1.82, 2.24) is 4.98 Å². The van der Waals surface area contributed by atoms with Gasteiger partial charge in [-0.15, -0.1) is 0 Å². The number of H-pyrrole nitrogens is 1. The molecular formula is C22H23N3O6.